The summed E-state index contributed by atoms with van der Waals surface area (Å²) in [7, 11) is 0. The van der Waals surface area contributed by atoms with Crippen LogP contribution < -0.4 is 0 Å². The summed E-state index contributed by atoms with van der Waals surface area (Å²) in [5.41, 5.74) is 1.99. The predicted octanol–water partition coefficient (Wildman–Crippen LogP) is 4.44. The number of carbonyl (C=O) groups excluding carboxylic acids is 1. The summed E-state index contributed by atoms with van der Waals surface area (Å²) in [6, 6.07) is 11.8. The molecule has 100 valence electrons. The Morgan fingerprint density at radius 2 is 1.85 bits per heavy atom. The van der Waals surface area contributed by atoms with Gasteiger partial charge in [-0.3, -0.25) is 4.79 Å². The molecule has 0 spiro atoms. The first kappa shape index (κ1) is 12.9. The van der Waals surface area contributed by atoms with Gasteiger partial charge in [0.15, 0.2) is 5.76 Å². The van der Waals surface area contributed by atoms with Gasteiger partial charge in [0.25, 0.3) is 0 Å². The number of ketones is 1. The largest absolute Gasteiger partial charge is 0.508 e. The number of benzene rings is 2. The van der Waals surface area contributed by atoms with E-state index in [-0.39, 0.29) is 11.5 Å². The van der Waals surface area contributed by atoms with E-state index in [4.69, 9.17) is 4.42 Å². The van der Waals surface area contributed by atoms with Gasteiger partial charge in [-0.25, -0.2) is 0 Å². The molecule has 0 radical (unpaired) electrons. The molecule has 20 heavy (non-hydrogen) atoms. The van der Waals surface area contributed by atoms with Crippen LogP contribution in [-0.2, 0) is 0 Å². The molecule has 3 nitrogen and oxygen atoms in total. The van der Waals surface area contributed by atoms with E-state index in [0.29, 0.717) is 16.9 Å². The van der Waals surface area contributed by atoms with E-state index in [1.165, 1.54) is 12.1 Å². The molecule has 1 aromatic heterocycles. The molecule has 0 bridgehead atoms. The van der Waals surface area contributed by atoms with Gasteiger partial charge in [0.2, 0.25) is 5.78 Å². The van der Waals surface area contributed by atoms with Crippen molar-refractivity contribution in [3.8, 4) is 5.75 Å². The maximum Gasteiger partial charge on any atom is 0.228 e. The zero-order valence-corrected chi connectivity index (χ0v) is 12.3. The van der Waals surface area contributed by atoms with E-state index in [1.807, 2.05) is 25.1 Å². The highest BCUT2D eigenvalue weighted by molar-refractivity contribution is 9.10. The molecule has 0 aliphatic carbocycles. The first-order valence-corrected chi connectivity index (χ1v) is 6.88. The van der Waals surface area contributed by atoms with E-state index in [0.717, 1.165) is 15.4 Å². The molecule has 2 aromatic carbocycles. The molecule has 0 saturated heterocycles. The number of hydrogen-bond donors (Lipinski definition) is 1. The van der Waals surface area contributed by atoms with E-state index in [1.54, 1.807) is 12.1 Å². The molecular formula is C16H11BrO3. The van der Waals surface area contributed by atoms with Crippen LogP contribution in [0.4, 0.5) is 0 Å². The van der Waals surface area contributed by atoms with Crippen LogP contribution in [0.3, 0.4) is 0 Å². The van der Waals surface area contributed by atoms with Gasteiger partial charge in [0.05, 0.1) is 0 Å². The average Bonchev–Trinajstić information content (AvgIpc) is 2.75. The Morgan fingerprint density at radius 1 is 1.15 bits per heavy atom. The Bertz CT molecular complexity index is 800. The summed E-state index contributed by atoms with van der Waals surface area (Å²) in [5.74, 6) is 0.283. The van der Waals surface area contributed by atoms with E-state index < -0.39 is 0 Å². The monoisotopic (exact) mass is 330 g/mol. The summed E-state index contributed by atoms with van der Waals surface area (Å²) < 4.78 is 6.59. The smallest absolute Gasteiger partial charge is 0.228 e. The van der Waals surface area contributed by atoms with Gasteiger partial charge < -0.3 is 9.52 Å². The summed E-state index contributed by atoms with van der Waals surface area (Å²) in [6.45, 7) is 1.87. The SMILES string of the molecule is Cc1c(C(=O)c2ccc(O)cc2)oc2cc(Br)ccc12. The van der Waals surface area contributed by atoms with Gasteiger partial charge in [-0.2, -0.15) is 0 Å². The maximum absolute atomic E-state index is 12.4. The van der Waals surface area contributed by atoms with Crippen LogP contribution in [-0.4, -0.2) is 10.9 Å². The third-order valence-electron chi connectivity index (χ3n) is 3.24. The van der Waals surface area contributed by atoms with E-state index in [2.05, 4.69) is 15.9 Å². The fourth-order valence-electron chi connectivity index (χ4n) is 2.16. The fraction of sp³-hybridized carbons (Fsp3) is 0.0625. The molecule has 1 N–H and O–H groups in total. The number of aryl methyl sites for hydroxylation is 1. The number of halogens is 1. The Balaban J connectivity index is 2.12. The summed E-state index contributed by atoms with van der Waals surface area (Å²) >= 11 is 3.38. The van der Waals surface area contributed by atoms with Crippen molar-refractivity contribution in [2.75, 3.05) is 0 Å². The quantitative estimate of drug-likeness (QED) is 0.706. The molecule has 0 aliphatic rings. The number of hydrogen-bond acceptors (Lipinski definition) is 3. The van der Waals surface area contributed by atoms with E-state index >= 15 is 0 Å². The highest BCUT2D eigenvalue weighted by atomic mass is 79.9. The van der Waals surface area contributed by atoms with Gasteiger partial charge in [-0.15, -0.1) is 0 Å². The summed E-state index contributed by atoms with van der Waals surface area (Å²) in [6.07, 6.45) is 0. The molecule has 0 fully saturated rings. The van der Waals surface area contributed by atoms with Crippen LogP contribution in [0, 0.1) is 6.92 Å². The van der Waals surface area contributed by atoms with Crippen LogP contribution in [0.5, 0.6) is 5.75 Å². The zero-order chi connectivity index (χ0) is 14.3. The molecular weight excluding hydrogens is 320 g/mol. The fourth-order valence-corrected chi connectivity index (χ4v) is 2.50. The number of fused-ring (bicyclic) bond motifs is 1. The molecule has 0 aliphatic heterocycles. The Kier molecular flexibility index (Phi) is 3.10. The van der Waals surface area contributed by atoms with Crippen LogP contribution in [0.2, 0.25) is 0 Å². The van der Waals surface area contributed by atoms with Crippen molar-refractivity contribution in [2.45, 2.75) is 6.92 Å². The Hall–Kier alpha value is -2.07. The topological polar surface area (TPSA) is 50.4 Å². The minimum Gasteiger partial charge on any atom is -0.508 e. The van der Waals surface area contributed by atoms with Gasteiger partial charge >= 0.3 is 0 Å². The van der Waals surface area contributed by atoms with Crippen molar-refractivity contribution >= 4 is 32.7 Å². The zero-order valence-electron chi connectivity index (χ0n) is 10.7. The number of rotatable bonds is 2. The summed E-state index contributed by atoms with van der Waals surface area (Å²) in [4.78, 5) is 12.4. The maximum atomic E-state index is 12.4. The highest BCUT2D eigenvalue weighted by Gasteiger charge is 2.19. The highest BCUT2D eigenvalue weighted by Crippen LogP contribution is 2.29. The third kappa shape index (κ3) is 2.12. The number of aromatic hydroxyl groups is 1. The lowest BCUT2D eigenvalue weighted by Crippen LogP contribution is -2.00. The van der Waals surface area contributed by atoms with Crippen LogP contribution in [0.1, 0.15) is 21.7 Å². The second-order valence-corrected chi connectivity index (χ2v) is 5.49. The second-order valence-electron chi connectivity index (χ2n) is 4.57. The minimum atomic E-state index is -0.185. The molecule has 4 heteroatoms. The normalized spacial score (nSPS) is 10.9. The van der Waals surface area contributed by atoms with Crippen molar-refractivity contribution in [2.24, 2.45) is 0 Å². The van der Waals surface area contributed by atoms with E-state index in [9.17, 15) is 9.90 Å². The standard InChI is InChI=1S/C16H11BrO3/c1-9-13-7-4-11(17)8-14(13)20-16(9)15(19)10-2-5-12(18)6-3-10/h2-8,18H,1H3. The molecule has 3 aromatic rings. The van der Waals surface area contributed by atoms with Crippen molar-refractivity contribution in [3.05, 3.63) is 63.8 Å². The lowest BCUT2D eigenvalue weighted by atomic mass is 10.0. The lowest BCUT2D eigenvalue weighted by molar-refractivity contribution is 0.101. The van der Waals surface area contributed by atoms with Gasteiger partial charge in [0.1, 0.15) is 11.3 Å². The first-order valence-electron chi connectivity index (χ1n) is 6.08. The van der Waals surface area contributed by atoms with Crippen LogP contribution >= 0.6 is 15.9 Å². The molecule has 0 saturated carbocycles. The first-order chi connectivity index (χ1) is 9.56. The lowest BCUT2D eigenvalue weighted by Gasteiger charge is -1.99. The summed E-state index contributed by atoms with van der Waals surface area (Å²) in [5, 5.41) is 10.2. The second kappa shape index (κ2) is 4.80. The van der Waals surface area contributed by atoms with Crippen LogP contribution in [0.15, 0.2) is 51.4 Å². The number of carbonyl (C=O) groups is 1. The number of phenolic OH excluding ortho intramolecular Hbond substituents is 1. The molecule has 1 heterocycles. The van der Waals surface area contributed by atoms with Crippen molar-refractivity contribution in [1.82, 2.24) is 0 Å². The van der Waals surface area contributed by atoms with Crippen molar-refractivity contribution < 1.29 is 14.3 Å². The van der Waals surface area contributed by atoms with Crippen molar-refractivity contribution in [3.63, 3.8) is 0 Å². The molecule has 3 rings (SSSR count). The average molecular weight is 331 g/mol. The number of phenols is 1. The molecule has 0 atom stereocenters. The Morgan fingerprint density at radius 3 is 2.55 bits per heavy atom. The van der Waals surface area contributed by atoms with Gasteiger partial charge in [0, 0.05) is 21.0 Å². The van der Waals surface area contributed by atoms with Gasteiger partial charge in [-0.05, 0) is 49.4 Å². The number of furan rings is 1. The molecule has 0 amide bonds. The predicted molar refractivity (Wildman–Crippen MR) is 80.2 cm³/mol. The Labute approximate surface area is 124 Å². The van der Waals surface area contributed by atoms with Gasteiger partial charge in [-0.1, -0.05) is 15.9 Å². The van der Waals surface area contributed by atoms with Crippen molar-refractivity contribution in [1.29, 1.82) is 0 Å². The third-order valence-corrected chi connectivity index (χ3v) is 3.73. The molecule has 0 unspecified atom stereocenters. The minimum absolute atomic E-state index is 0.131. The van der Waals surface area contributed by atoms with Crippen LogP contribution in [0.25, 0.3) is 11.0 Å².